The molecule has 0 radical (unpaired) electrons. The summed E-state index contributed by atoms with van der Waals surface area (Å²) in [5.41, 5.74) is -2.03. The van der Waals surface area contributed by atoms with Crippen molar-refractivity contribution in [2.75, 3.05) is 33.0 Å². The van der Waals surface area contributed by atoms with Crippen molar-refractivity contribution in [3.05, 3.63) is 127 Å². The molecular formula is C36H38F3N4O9PS. The molecule has 18 heteroatoms. The summed E-state index contributed by atoms with van der Waals surface area (Å²) in [6.07, 6.45) is 8.63. The lowest BCUT2D eigenvalue weighted by Gasteiger charge is -2.48. The van der Waals surface area contributed by atoms with Gasteiger partial charge in [-0.2, -0.15) is 10.4 Å². The third-order valence-electron chi connectivity index (χ3n) is 7.97. The summed E-state index contributed by atoms with van der Waals surface area (Å²) in [6.45, 7) is 7.55. The Morgan fingerprint density at radius 2 is 1.83 bits per heavy atom. The lowest BCUT2D eigenvalue weighted by molar-refractivity contribution is -0.146. The minimum Gasteiger partial charge on any atom is -0.450 e. The Bertz CT molecular complexity index is 1890. The average molecular weight is 791 g/mol. The van der Waals surface area contributed by atoms with Crippen molar-refractivity contribution in [3.63, 3.8) is 0 Å². The number of halogens is 3. The lowest BCUT2D eigenvalue weighted by Crippen LogP contribution is -2.55. The van der Waals surface area contributed by atoms with E-state index in [9.17, 15) is 23.2 Å². The number of carboxylic acid groups (broad SMARTS) is 1. The largest absolute Gasteiger partial charge is 0.506 e. The van der Waals surface area contributed by atoms with Gasteiger partial charge >= 0.3 is 14.0 Å². The first-order chi connectivity index (χ1) is 25.9. The SMILES string of the molecule is C=CCOP(=O)(OCC=C)OCC[C@@](C)(SC1COC(C=CC=Cc2ccc(C#N)cc2F)OC1)[C@@](Cn1cncn1)(OC(=O)O)c1ccc(F)cc1F. The molecule has 1 aromatic heterocycles. The van der Waals surface area contributed by atoms with Crippen LogP contribution in [0, 0.1) is 28.8 Å². The lowest BCUT2D eigenvalue weighted by atomic mass is 9.78. The van der Waals surface area contributed by atoms with Crippen molar-refractivity contribution >= 4 is 31.8 Å². The van der Waals surface area contributed by atoms with Gasteiger partial charge in [-0.15, -0.1) is 24.9 Å². The molecular weight excluding hydrogens is 752 g/mol. The highest BCUT2D eigenvalue weighted by Crippen LogP contribution is 2.54. The number of phosphoric ester groups is 1. The molecule has 1 saturated heterocycles. The van der Waals surface area contributed by atoms with Crippen molar-refractivity contribution in [1.29, 1.82) is 5.26 Å². The molecule has 0 amide bonds. The predicted octanol–water partition coefficient (Wildman–Crippen LogP) is 7.58. The predicted molar refractivity (Wildman–Crippen MR) is 192 cm³/mol. The molecule has 2 heterocycles. The van der Waals surface area contributed by atoms with Gasteiger partial charge in [0.25, 0.3) is 0 Å². The maximum absolute atomic E-state index is 15.9. The molecule has 1 aliphatic rings. The smallest absolute Gasteiger partial charge is 0.450 e. The van der Waals surface area contributed by atoms with Crippen LogP contribution in [-0.2, 0) is 44.5 Å². The maximum Gasteiger partial charge on any atom is 0.506 e. The second-order valence-corrected chi connectivity index (χ2v) is 15.2. The topological polar surface area (TPSA) is 164 Å². The van der Waals surface area contributed by atoms with Gasteiger partial charge in [0.1, 0.15) is 30.1 Å². The van der Waals surface area contributed by atoms with Crippen molar-refractivity contribution in [2.24, 2.45) is 0 Å². The summed E-state index contributed by atoms with van der Waals surface area (Å²) >= 11 is 1.12. The van der Waals surface area contributed by atoms with Crippen LogP contribution in [0.1, 0.15) is 30.0 Å². The quantitative estimate of drug-likeness (QED) is 0.0516. The van der Waals surface area contributed by atoms with Gasteiger partial charge in [0.2, 0.25) is 0 Å². The number of hydrogen-bond donors (Lipinski definition) is 1. The molecule has 4 rings (SSSR count). The Labute approximate surface area is 314 Å². The molecule has 2 atom stereocenters. The van der Waals surface area contributed by atoms with Crippen molar-refractivity contribution in [3.8, 4) is 6.07 Å². The van der Waals surface area contributed by atoms with Crippen LogP contribution in [0.3, 0.4) is 0 Å². The summed E-state index contributed by atoms with van der Waals surface area (Å²) in [7, 11) is -4.21. The number of allylic oxidation sites excluding steroid dienone is 2. The fourth-order valence-corrected chi connectivity index (χ4v) is 8.19. The normalized spacial score (nSPS) is 18.5. The van der Waals surface area contributed by atoms with Crippen LogP contribution in [0.5, 0.6) is 0 Å². The number of benzene rings is 2. The molecule has 0 aliphatic carbocycles. The first-order valence-electron chi connectivity index (χ1n) is 16.3. The third-order valence-corrected chi connectivity index (χ3v) is 11.1. The summed E-state index contributed by atoms with van der Waals surface area (Å²) in [6, 6.07) is 8.64. The van der Waals surface area contributed by atoms with Crippen LogP contribution in [0.25, 0.3) is 6.08 Å². The summed E-state index contributed by atoms with van der Waals surface area (Å²) in [5.74, 6) is -2.57. The Balaban J connectivity index is 1.65. The van der Waals surface area contributed by atoms with Crippen LogP contribution in [0.2, 0.25) is 0 Å². The number of phosphoric acid groups is 1. The van der Waals surface area contributed by atoms with Crippen LogP contribution < -0.4 is 0 Å². The van der Waals surface area contributed by atoms with E-state index < -0.39 is 66.5 Å². The monoisotopic (exact) mass is 790 g/mol. The van der Waals surface area contributed by atoms with Gasteiger partial charge in [0.05, 0.1) is 61.2 Å². The molecule has 1 aliphatic heterocycles. The molecule has 3 aromatic rings. The van der Waals surface area contributed by atoms with Crippen LogP contribution in [-0.4, -0.2) is 75.3 Å². The second-order valence-electron chi connectivity index (χ2n) is 11.7. The van der Waals surface area contributed by atoms with Gasteiger partial charge in [0.15, 0.2) is 11.9 Å². The Morgan fingerprint density at radius 1 is 1.11 bits per heavy atom. The van der Waals surface area contributed by atoms with Gasteiger partial charge in [-0.1, -0.05) is 36.4 Å². The van der Waals surface area contributed by atoms with Gasteiger partial charge in [-0.3, -0.25) is 13.6 Å². The summed E-state index contributed by atoms with van der Waals surface area (Å²) in [5, 5.41) is 22.6. The number of nitriles is 1. The average Bonchev–Trinajstić information content (AvgIpc) is 3.65. The molecule has 1 N–H and O–H groups in total. The van der Waals surface area contributed by atoms with Gasteiger partial charge in [0, 0.05) is 17.2 Å². The number of carbonyl (C=O) groups is 1. The van der Waals surface area contributed by atoms with E-state index in [1.165, 1.54) is 47.7 Å². The van der Waals surface area contributed by atoms with E-state index in [-0.39, 0.29) is 49.5 Å². The molecule has 0 unspecified atom stereocenters. The molecule has 288 valence electrons. The second kappa shape index (κ2) is 19.7. The first kappa shape index (κ1) is 42.2. The molecule has 54 heavy (non-hydrogen) atoms. The van der Waals surface area contributed by atoms with Crippen LogP contribution >= 0.6 is 19.6 Å². The standard InChI is InChI=1S/C36H38F3N4O9PS/c1-4-15-49-53(46,50-16-5-2)51-17-14-35(3,36(52-34(44)45,23-43-25-41-24-42-43)30-13-12-28(37)19-32(30)39)54-29-21-47-33(48-22-29)9-7-6-8-27-11-10-26(20-40)18-31(27)38/h4-13,18-19,24-25,29,33H,1-2,14-17,21-23H2,3H3,(H,44,45)/t29?,33?,35-,36+/m1/s1. The van der Waals surface area contributed by atoms with E-state index in [1.807, 2.05) is 6.07 Å². The minimum atomic E-state index is -4.21. The molecule has 0 saturated carbocycles. The number of ether oxygens (including phenoxy) is 3. The minimum absolute atomic E-state index is 0.0475. The number of rotatable bonds is 20. The van der Waals surface area contributed by atoms with Crippen LogP contribution in [0.15, 0.2) is 92.6 Å². The van der Waals surface area contributed by atoms with Crippen molar-refractivity contribution in [1.82, 2.24) is 14.8 Å². The van der Waals surface area contributed by atoms with Gasteiger partial charge in [-0.05, 0) is 43.7 Å². The van der Waals surface area contributed by atoms with Crippen molar-refractivity contribution < 1.29 is 55.4 Å². The third kappa shape index (κ3) is 11.2. The number of hydrogen-bond acceptors (Lipinski definition) is 12. The van der Waals surface area contributed by atoms with E-state index in [0.717, 1.165) is 30.0 Å². The highest BCUT2D eigenvalue weighted by Gasteiger charge is 2.56. The van der Waals surface area contributed by atoms with E-state index in [2.05, 4.69) is 23.2 Å². The Morgan fingerprint density at radius 3 is 2.43 bits per heavy atom. The maximum atomic E-state index is 15.9. The zero-order valence-corrected chi connectivity index (χ0v) is 30.8. The molecule has 2 aromatic carbocycles. The zero-order valence-electron chi connectivity index (χ0n) is 29.1. The van der Waals surface area contributed by atoms with Crippen LogP contribution in [0.4, 0.5) is 18.0 Å². The highest BCUT2D eigenvalue weighted by atomic mass is 32.2. The number of thioether (sulfide) groups is 1. The van der Waals surface area contributed by atoms with Crippen molar-refractivity contribution in [2.45, 2.75) is 41.8 Å². The fourth-order valence-electron chi connectivity index (χ4n) is 5.44. The summed E-state index contributed by atoms with van der Waals surface area (Å²) < 4.78 is 91.3. The van der Waals surface area contributed by atoms with Gasteiger partial charge < -0.3 is 19.3 Å². The summed E-state index contributed by atoms with van der Waals surface area (Å²) in [4.78, 5) is 16.4. The Kier molecular flexibility index (Phi) is 15.4. The fraction of sp³-hybridized carbons (Fsp3) is 0.333. The van der Waals surface area contributed by atoms with E-state index in [0.29, 0.717) is 6.07 Å². The van der Waals surface area contributed by atoms with E-state index in [4.69, 9.17) is 33.0 Å². The molecule has 0 bridgehead atoms. The van der Waals surface area contributed by atoms with E-state index in [1.54, 1.807) is 25.2 Å². The Hall–Kier alpha value is -4.53. The molecule has 1 fully saturated rings. The van der Waals surface area contributed by atoms with Gasteiger partial charge in [-0.25, -0.2) is 32.2 Å². The molecule has 0 spiro atoms. The number of aromatic nitrogens is 3. The number of nitrogens with zero attached hydrogens (tertiary/aromatic N) is 4. The first-order valence-corrected chi connectivity index (χ1v) is 18.6. The molecule has 13 nitrogen and oxygen atoms in total. The highest BCUT2D eigenvalue weighted by molar-refractivity contribution is 8.01. The zero-order chi connectivity index (χ0) is 39.2. The van der Waals surface area contributed by atoms with E-state index >= 15 is 4.39 Å².